The van der Waals surface area contributed by atoms with Crippen LogP contribution in [-0.4, -0.2) is 59.9 Å². The van der Waals surface area contributed by atoms with Crippen LogP contribution in [0, 0.1) is 11.3 Å². The summed E-state index contributed by atoms with van der Waals surface area (Å²) < 4.78 is 41.8. The third kappa shape index (κ3) is 6.71. The van der Waals surface area contributed by atoms with Crippen LogP contribution < -0.4 is 20.7 Å². The van der Waals surface area contributed by atoms with Crippen LogP contribution in [0.3, 0.4) is 0 Å². The summed E-state index contributed by atoms with van der Waals surface area (Å²) in [4.78, 5) is 22.3. The van der Waals surface area contributed by atoms with Crippen molar-refractivity contribution in [2.75, 3.05) is 43.4 Å². The molecule has 3 N–H and O–H groups in total. The number of ether oxygens (including phenoxy) is 1. The van der Waals surface area contributed by atoms with E-state index in [0.29, 0.717) is 13.1 Å². The van der Waals surface area contributed by atoms with Gasteiger partial charge in [0.15, 0.2) is 0 Å². The Kier molecular flexibility index (Phi) is 7.67. The van der Waals surface area contributed by atoms with Gasteiger partial charge in [-0.05, 0) is 6.07 Å². The molecule has 2 aromatic rings. The van der Waals surface area contributed by atoms with E-state index in [0.717, 1.165) is 13.1 Å². The Hall–Kier alpha value is -3.59. The highest BCUT2D eigenvalue weighted by molar-refractivity contribution is 5.77. The van der Waals surface area contributed by atoms with Crippen LogP contribution in [-0.2, 0) is 11.3 Å². The van der Waals surface area contributed by atoms with Crippen LogP contribution in [0.25, 0.3) is 0 Å². The molecule has 1 aromatic heterocycles. The first kappa shape index (κ1) is 23.1. The van der Waals surface area contributed by atoms with Crippen molar-refractivity contribution < 1.29 is 22.7 Å². The fraction of sp³-hybridized carbons (Fsp3) is 0.400. The number of carbonyl (C=O) groups is 1. The van der Waals surface area contributed by atoms with E-state index in [1.54, 1.807) is 11.0 Å². The van der Waals surface area contributed by atoms with Gasteiger partial charge in [0.05, 0.1) is 6.20 Å². The molecule has 0 atom stereocenters. The van der Waals surface area contributed by atoms with Gasteiger partial charge in [-0.25, -0.2) is 4.98 Å². The number of amides is 1. The Morgan fingerprint density at radius 1 is 1.25 bits per heavy atom. The largest absolute Gasteiger partial charge is 0.573 e. The van der Waals surface area contributed by atoms with E-state index in [-0.39, 0.29) is 54.1 Å². The number of anilines is 2. The van der Waals surface area contributed by atoms with E-state index >= 15 is 0 Å². The summed E-state index contributed by atoms with van der Waals surface area (Å²) in [5.74, 6) is 0.0248. The first-order valence-corrected chi connectivity index (χ1v) is 9.93. The maximum Gasteiger partial charge on any atom is 0.573 e. The third-order valence-corrected chi connectivity index (χ3v) is 4.65. The van der Waals surface area contributed by atoms with Gasteiger partial charge in [-0.15, -0.1) is 13.2 Å². The van der Waals surface area contributed by atoms with Crippen molar-refractivity contribution in [3.05, 3.63) is 41.6 Å². The Morgan fingerprint density at radius 3 is 2.72 bits per heavy atom. The van der Waals surface area contributed by atoms with Crippen LogP contribution in [0.2, 0.25) is 0 Å². The summed E-state index contributed by atoms with van der Waals surface area (Å²) in [6.07, 6.45) is -3.27. The molecule has 0 unspecified atom stereocenters. The Morgan fingerprint density at radius 2 is 2.00 bits per heavy atom. The number of hydrogen-bond acceptors (Lipinski definition) is 8. The van der Waals surface area contributed by atoms with E-state index in [2.05, 4.69) is 30.7 Å². The second-order valence-electron chi connectivity index (χ2n) is 6.88. The third-order valence-electron chi connectivity index (χ3n) is 4.65. The maximum atomic E-state index is 12.6. The zero-order valence-corrected chi connectivity index (χ0v) is 17.1. The molecule has 32 heavy (non-hydrogen) atoms. The van der Waals surface area contributed by atoms with Crippen molar-refractivity contribution in [3.8, 4) is 11.8 Å². The molecule has 2 heterocycles. The number of para-hydroxylation sites is 1. The molecule has 0 bridgehead atoms. The summed E-state index contributed by atoms with van der Waals surface area (Å²) in [5, 5.41) is 18.3. The van der Waals surface area contributed by atoms with Gasteiger partial charge in [0.2, 0.25) is 11.9 Å². The van der Waals surface area contributed by atoms with E-state index in [1.807, 2.05) is 6.07 Å². The van der Waals surface area contributed by atoms with Crippen LogP contribution >= 0.6 is 0 Å². The average molecular weight is 449 g/mol. The molecule has 1 aliphatic heterocycles. The van der Waals surface area contributed by atoms with Crippen LogP contribution in [0.5, 0.6) is 5.75 Å². The number of benzene rings is 1. The van der Waals surface area contributed by atoms with Crippen molar-refractivity contribution in [1.82, 2.24) is 20.2 Å². The zero-order chi connectivity index (χ0) is 23.0. The highest BCUT2D eigenvalue weighted by atomic mass is 19.4. The average Bonchev–Trinajstić information content (AvgIpc) is 2.78. The van der Waals surface area contributed by atoms with Gasteiger partial charge in [-0.2, -0.15) is 10.2 Å². The van der Waals surface area contributed by atoms with Crippen molar-refractivity contribution in [1.29, 1.82) is 5.26 Å². The van der Waals surface area contributed by atoms with Gasteiger partial charge in [-0.3, -0.25) is 4.79 Å². The molecule has 12 heteroatoms. The number of nitrogens with one attached hydrogen (secondary N) is 3. The van der Waals surface area contributed by atoms with Gasteiger partial charge >= 0.3 is 6.36 Å². The Labute approximate surface area is 182 Å². The standard InChI is InChI=1S/C20H22F3N7O2/c21-20(22,23)32-16-4-2-1-3-14(16)12-27-19-28-13-15(11-24)18(29-19)26-6-5-17(31)30-9-7-25-8-10-30/h1-4,13,25H,5-10,12H2,(H2,26,27,28,29). The molecular weight excluding hydrogens is 427 g/mol. The lowest BCUT2D eigenvalue weighted by Crippen LogP contribution is -2.46. The molecule has 170 valence electrons. The molecule has 3 rings (SSSR count). The minimum Gasteiger partial charge on any atom is -0.405 e. The number of nitrogens with zero attached hydrogens (tertiary/aromatic N) is 4. The van der Waals surface area contributed by atoms with Gasteiger partial charge in [0, 0.05) is 51.3 Å². The van der Waals surface area contributed by atoms with Crippen molar-refractivity contribution in [2.24, 2.45) is 0 Å². The lowest BCUT2D eigenvalue weighted by molar-refractivity contribution is -0.274. The summed E-state index contributed by atoms with van der Waals surface area (Å²) in [6, 6.07) is 7.69. The van der Waals surface area contributed by atoms with Crippen LogP contribution in [0.4, 0.5) is 24.9 Å². The summed E-state index contributed by atoms with van der Waals surface area (Å²) >= 11 is 0. The minimum atomic E-state index is -4.81. The molecule has 0 saturated carbocycles. The normalized spacial score (nSPS) is 13.9. The predicted octanol–water partition coefficient (Wildman–Crippen LogP) is 2.09. The Bertz CT molecular complexity index is 972. The number of carbonyl (C=O) groups excluding carboxylic acids is 1. The summed E-state index contributed by atoms with van der Waals surface area (Å²) in [7, 11) is 0. The van der Waals surface area contributed by atoms with E-state index in [4.69, 9.17) is 0 Å². The number of rotatable bonds is 8. The first-order valence-electron chi connectivity index (χ1n) is 9.93. The first-order chi connectivity index (χ1) is 15.4. The fourth-order valence-electron chi connectivity index (χ4n) is 3.09. The molecule has 0 spiro atoms. The van der Waals surface area contributed by atoms with Crippen LogP contribution in [0.1, 0.15) is 17.5 Å². The molecule has 1 saturated heterocycles. The molecule has 9 nitrogen and oxygen atoms in total. The molecule has 1 amide bonds. The summed E-state index contributed by atoms with van der Waals surface area (Å²) in [5.41, 5.74) is 0.444. The Balaban J connectivity index is 1.60. The second kappa shape index (κ2) is 10.6. The lowest BCUT2D eigenvalue weighted by atomic mass is 10.2. The zero-order valence-electron chi connectivity index (χ0n) is 17.1. The second-order valence-corrected chi connectivity index (χ2v) is 6.88. The van der Waals surface area contributed by atoms with Crippen molar-refractivity contribution in [3.63, 3.8) is 0 Å². The van der Waals surface area contributed by atoms with Crippen molar-refractivity contribution in [2.45, 2.75) is 19.3 Å². The van der Waals surface area contributed by atoms with Gasteiger partial charge < -0.3 is 25.6 Å². The van der Waals surface area contributed by atoms with Gasteiger partial charge in [0.25, 0.3) is 0 Å². The van der Waals surface area contributed by atoms with Gasteiger partial charge in [-0.1, -0.05) is 18.2 Å². The molecular formula is C20H22F3N7O2. The topological polar surface area (TPSA) is 115 Å². The molecule has 1 aromatic carbocycles. The maximum absolute atomic E-state index is 12.6. The molecule has 0 radical (unpaired) electrons. The monoisotopic (exact) mass is 449 g/mol. The van der Waals surface area contributed by atoms with Crippen LogP contribution in [0.15, 0.2) is 30.5 Å². The summed E-state index contributed by atoms with van der Waals surface area (Å²) in [6.45, 7) is 3.08. The highest BCUT2D eigenvalue weighted by Gasteiger charge is 2.32. The van der Waals surface area contributed by atoms with Crippen molar-refractivity contribution >= 4 is 17.7 Å². The van der Waals surface area contributed by atoms with E-state index in [1.165, 1.54) is 24.4 Å². The van der Waals surface area contributed by atoms with E-state index < -0.39 is 6.36 Å². The molecule has 0 aliphatic carbocycles. The highest BCUT2D eigenvalue weighted by Crippen LogP contribution is 2.26. The number of nitriles is 1. The number of halogens is 3. The SMILES string of the molecule is N#Cc1cnc(NCc2ccccc2OC(F)(F)F)nc1NCCC(=O)N1CCNCC1. The van der Waals surface area contributed by atoms with Gasteiger partial charge in [0.1, 0.15) is 23.2 Å². The number of alkyl halides is 3. The smallest absolute Gasteiger partial charge is 0.405 e. The molecule has 1 aliphatic rings. The lowest BCUT2D eigenvalue weighted by Gasteiger charge is -2.27. The number of piperazine rings is 1. The minimum absolute atomic E-state index is 0.00573. The van der Waals surface area contributed by atoms with E-state index in [9.17, 15) is 23.2 Å². The number of aromatic nitrogens is 2. The molecule has 1 fully saturated rings. The quantitative estimate of drug-likeness (QED) is 0.561. The predicted molar refractivity (Wildman–Crippen MR) is 110 cm³/mol. The number of hydrogen-bond donors (Lipinski definition) is 3. The fourth-order valence-corrected chi connectivity index (χ4v) is 3.09.